The Balaban J connectivity index is 3.40. The van der Waals surface area contributed by atoms with Crippen LogP contribution in [0.2, 0.25) is 0 Å². The molecule has 0 saturated heterocycles. The van der Waals surface area contributed by atoms with E-state index in [0.717, 1.165) is 12.1 Å². The first-order chi connectivity index (χ1) is 6.61. The molecule has 0 aliphatic heterocycles. The highest BCUT2D eigenvalue weighted by Crippen LogP contribution is 2.38. The molecule has 0 bridgehead atoms. The number of methoxy groups -OCH3 is 2. The minimum absolute atomic E-state index is 0.211. The highest BCUT2D eigenvalue weighted by molar-refractivity contribution is 5.56. The van der Waals surface area contributed by atoms with Gasteiger partial charge in [-0.3, -0.25) is 10.1 Å². The van der Waals surface area contributed by atoms with Crippen molar-refractivity contribution in [2.75, 3.05) is 14.2 Å². The van der Waals surface area contributed by atoms with E-state index in [9.17, 15) is 14.5 Å². The first-order valence-corrected chi connectivity index (χ1v) is 3.66. The van der Waals surface area contributed by atoms with Gasteiger partial charge in [0.2, 0.25) is 11.5 Å². The standard InChI is InChI=1S/C8H8FNO4/c1-13-7-5(9)3-4-6(10(11)12)8(7)14-2/h3-4H,1-2H3. The van der Waals surface area contributed by atoms with Gasteiger partial charge >= 0.3 is 5.69 Å². The number of hydrogen-bond acceptors (Lipinski definition) is 4. The monoisotopic (exact) mass is 201 g/mol. The average Bonchev–Trinajstić information content (AvgIpc) is 2.16. The van der Waals surface area contributed by atoms with Crippen molar-refractivity contribution >= 4 is 5.69 Å². The molecule has 6 heteroatoms. The van der Waals surface area contributed by atoms with Crippen LogP contribution < -0.4 is 9.47 Å². The summed E-state index contributed by atoms with van der Waals surface area (Å²) in [7, 11) is 2.43. The SMILES string of the molecule is COc1c(F)ccc([N+](=O)[O-])c1OC. The summed E-state index contributed by atoms with van der Waals surface area (Å²) in [5.41, 5.74) is -0.328. The van der Waals surface area contributed by atoms with Gasteiger partial charge in [-0.25, -0.2) is 4.39 Å². The molecule has 0 unspecified atom stereocenters. The van der Waals surface area contributed by atoms with Crippen molar-refractivity contribution < 1.29 is 18.8 Å². The molecule has 0 atom stereocenters. The number of benzene rings is 1. The maximum atomic E-state index is 13.1. The molecular formula is C8H8FNO4. The van der Waals surface area contributed by atoms with Gasteiger partial charge in [-0.1, -0.05) is 0 Å². The lowest BCUT2D eigenvalue weighted by molar-refractivity contribution is -0.385. The third kappa shape index (κ3) is 1.59. The van der Waals surface area contributed by atoms with E-state index >= 15 is 0 Å². The molecule has 0 aromatic heterocycles. The van der Waals surface area contributed by atoms with Crippen molar-refractivity contribution in [1.82, 2.24) is 0 Å². The van der Waals surface area contributed by atoms with Crippen LogP contribution in [0.1, 0.15) is 0 Å². The van der Waals surface area contributed by atoms with Crippen LogP contribution in [0, 0.1) is 15.9 Å². The Morgan fingerprint density at radius 3 is 2.29 bits per heavy atom. The number of ether oxygens (including phenoxy) is 2. The highest BCUT2D eigenvalue weighted by atomic mass is 19.1. The molecule has 1 aromatic carbocycles. The molecule has 76 valence electrons. The molecule has 1 rings (SSSR count). The first kappa shape index (κ1) is 10.2. The molecular weight excluding hydrogens is 193 g/mol. The molecule has 0 aliphatic rings. The molecule has 0 saturated carbocycles. The van der Waals surface area contributed by atoms with Crippen molar-refractivity contribution in [2.45, 2.75) is 0 Å². The summed E-state index contributed by atoms with van der Waals surface area (Å²) in [6, 6.07) is 1.98. The van der Waals surface area contributed by atoms with Crippen LogP contribution in [-0.2, 0) is 0 Å². The van der Waals surface area contributed by atoms with Gasteiger partial charge in [0.1, 0.15) is 0 Å². The predicted molar refractivity (Wildman–Crippen MR) is 46.2 cm³/mol. The lowest BCUT2D eigenvalue weighted by Gasteiger charge is -2.07. The zero-order valence-electron chi connectivity index (χ0n) is 7.61. The van der Waals surface area contributed by atoms with Crippen LogP contribution in [0.4, 0.5) is 10.1 Å². The van der Waals surface area contributed by atoms with E-state index in [1.54, 1.807) is 0 Å². The summed E-state index contributed by atoms with van der Waals surface area (Å²) >= 11 is 0. The lowest BCUT2D eigenvalue weighted by Crippen LogP contribution is -1.98. The minimum Gasteiger partial charge on any atom is -0.490 e. The quantitative estimate of drug-likeness (QED) is 0.552. The summed E-state index contributed by atoms with van der Waals surface area (Å²) in [5, 5.41) is 10.5. The summed E-state index contributed by atoms with van der Waals surface area (Å²) in [6.45, 7) is 0. The average molecular weight is 201 g/mol. The van der Waals surface area contributed by atoms with Crippen LogP contribution in [-0.4, -0.2) is 19.1 Å². The second-order valence-electron chi connectivity index (χ2n) is 2.39. The smallest absolute Gasteiger partial charge is 0.315 e. The Kier molecular flexibility index (Phi) is 2.85. The summed E-state index contributed by atoms with van der Waals surface area (Å²) in [5.74, 6) is -1.17. The molecule has 0 radical (unpaired) electrons. The molecule has 0 heterocycles. The molecule has 0 fully saturated rings. The van der Waals surface area contributed by atoms with Gasteiger partial charge in [0.05, 0.1) is 19.1 Å². The van der Waals surface area contributed by atoms with Gasteiger partial charge in [0, 0.05) is 6.07 Å². The van der Waals surface area contributed by atoms with Crippen LogP contribution in [0.3, 0.4) is 0 Å². The van der Waals surface area contributed by atoms with Gasteiger partial charge in [-0.2, -0.15) is 0 Å². The molecule has 14 heavy (non-hydrogen) atoms. The van der Waals surface area contributed by atoms with Crippen molar-refractivity contribution in [1.29, 1.82) is 0 Å². The van der Waals surface area contributed by atoms with E-state index in [4.69, 9.17) is 4.74 Å². The maximum Gasteiger partial charge on any atom is 0.315 e. The molecule has 5 nitrogen and oxygen atoms in total. The van der Waals surface area contributed by atoms with Crippen LogP contribution in [0.15, 0.2) is 12.1 Å². The zero-order valence-corrected chi connectivity index (χ0v) is 7.61. The van der Waals surface area contributed by atoms with Gasteiger partial charge < -0.3 is 9.47 Å². The number of nitrogens with zero attached hydrogens (tertiary/aromatic N) is 1. The van der Waals surface area contributed by atoms with E-state index in [2.05, 4.69) is 4.74 Å². The number of hydrogen-bond donors (Lipinski definition) is 0. The minimum atomic E-state index is -0.699. The molecule has 1 aromatic rings. The number of rotatable bonds is 3. The zero-order chi connectivity index (χ0) is 10.7. The fourth-order valence-electron chi connectivity index (χ4n) is 1.06. The Morgan fingerprint density at radius 2 is 1.86 bits per heavy atom. The summed E-state index contributed by atoms with van der Waals surface area (Å²) in [4.78, 5) is 9.84. The third-order valence-corrected chi connectivity index (χ3v) is 1.65. The summed E-state index contributed by atoms with van der Waals surface area (Å²) in [6.07, 6.45) is 0. The van der Waals surface area contributed by atoms with Crippen LogP contribution in [0.5, 0.6) is 11.5 Å². The lowest BCUT2D eigenvalue weighted by atomic mass is 10.2. The van der Waals surface area contributed by atoms with E-state index in [1.165, 1.54) is 14.2 Å². The van der Waals surface area contributed by atoms with E-state index in [1.807, 2.05) is 0 Å². The van der Waals surface area contributed by atoms with E-state index in [0.29, 0.717) is 0 Å². The van der Waals surface area contributed by atoms with Gasteiger partial charge in [0.15, 0.2) is 5.82 Å². The Labute approximate surface area is 79.2 Å². The second kappa shape index (κ2) is 3.91. The van der Waals surface area contributed by atoms with E-state index < -0.39 is 10.7 Å². The van der Waals surface area contributed by atoms with Gasteiger partial charge in [-0.05, 0) is 6.07 Å². The van der Waals surface area contributed by atoms with Gasteiger partial charge in [0.25, 0.3) is 0 Å². The number of halogens is 1. The first-order valence-electron chi connectivity index (χ1n) is 3.66. The second-order valence-corrected chi connectivity index (χ2v) is 2.39. The largest absolute Gasteiger partial charge is 0.490 e. The maximum absolute atomic E-state index is 13.1. The predicted octanol–water partition coefficient (Wildman–Crippen LogP) is 1.75. The highest BCUT2D eigenvalue weighted by Gasteiger charge is 2.22. The summed E-state index contributed by atoms with van der Waals surface area (Å²) < 4.78 is 22.4. The third-order valence-electron chi connectivity index (χ3n) is 1.65. The van der Waals surface area contributed by atoms with Crippen molar-refractivity contribution in [3.63, 3.8) is 0 Å². The number of nitro benzene ring substituents is 1. The Bertz CT molecular complexity index is 367. The van der Waals surface area contributed by atoms with Crippen molar-refractivity contribution in [2.24, 2.45) is 0 Å². The fraction of sp³-hybridized carbons (Fsp3) is 0.250. The Morgan fingerprint density at radius 1 is 1.29 bits per heavy atom. The van der Waals surface area contributed by atoms with Crippen molar-refractivity contribution in [3.8, 4) is 11.5 Å². The topological polar surface area (TPSA) is 61.6 Å². The van der Waals surface area contributed by atoms with Crippen LogP contribution in [0.25, 0.3) is 0 Å². The normalized spacial score (nSPS) is 9.64. The molecule has 0 N–H and O–H groups in total. The molecule has 0 amide bonds. The van der Waals surface area contributed by atoms with E-state index in [-0.39, 0.29) is 17.2 Å². The van der Waals surface area contributed by atoms with Crippen LogP contribution >= 0.6 is 0 Å². The van der Waals surface area contributed by atoms with Gasteiger partial charge in [-0.15, -0.1) is 0 Å². The fourth-order valence-corrected chi connectivity index (χ4v) is 1.06. The molecule has 0 spiro atoms. The number of nitro groups is 1. The van der Waals surface area contributed by atoms with Crippen molar-refractivity contribution in [3.05, 3.63) is 28.1 Å². The Hall–Kier alpha value is -1.85. The molecule has 0 aliphatic carbocycles.